The number of ketones is 1. The van der Waals surface area contributed by atoms with Crippen LogP contribution in [0, 0.1) is 0 Å². The molecule has 3 rings (SSSR count). The van der Waals surface area contributed by atoms with Gasteiger partial charge in [0.1, 0.15) is 5.92 Å². The Morgan fingerprint density at radius 1 is 1.44 bits per heavy atom. The van der Waals surface area contributed by atoms with Crippen molar-refractivity contribution in [1.82, 2.24) is 10.1 Å². The zero-order chi connectivity index (χ0) is 12.5. The van der Waals surface area contributed by atoms with Crippen LogP contribution in [0.3, 0.4) is 0 Å². The third-order valence-corrected chi connectivity index (χ3v) is 4.03. The molecule has 6 heteroatoms. The quantitative estimate of drug-likeness (QED) is 0.847. The number of carbonyl (C=O) groups excluding carboxylic acids is 1. The fraction of sp³-hybridized carbons (Fsp3) is 0.250. The number of benzene rings is 1. The van der Waals surface area contributed by atoms with Crippen LogP contribution in [0.25, 0.3) is 11.4 Å². The Bertz CT molecular complexity index is 599. The molecule has 92 valence electrons. The topological polar surface area (TPSA) is 56.0 Å². The van der Waals surface area contributed by atoms with Crippen molar-refractivity contribution in [3.8, 4) is 11.4 Å². The highest BCUT2D eigenvalue weighted by Gasteiger charge is 2.31. The number of Topliss-reactive ketones (excluding diaryl/α,β-unsaturated/α-hetero) is 1. The minimum atomic E-state index is -0.254. The fourth-order valence-electron chi connectivity index (χ4n) is 1.80. The van der Waals surface area contributed by atoms with Crippen molar-refractivity contribution in [2.75, 3.05) is 11.5 Å². The maximum absolute atomic E-state index is 11.6. The molecule has 1 atom stereocenters. The highest BCUT2D eigenvalue weighted by atomic mass is 35.5. The SMILES string of the molecule is O=C1CSCC1c1nc(-c2cccc(Cl)c2)no1. The van der Waals surface area contributed by atoms with Crippen molar-refractivity contribution >= 4 is 29.1 Å². The van der Waals surface area contributed by atoms with E-state index in [9.17, 15) is 4.79 Å². The van der Waals surface area contributed by atoms with Gasteiger partial charge in [0.25, 0.3) is 0 Å². The first kappa shape index (κ1) is 11.7. The molecule has 1 saturated heterocycles. The van der Waals surface area contributed by atoms with Crippen LogP contribution in [0.5, 0.6) is 0 Å². The van der Waals surface area contributed by atoms with Gasteiger partial charge in [-0.15, -0.1) is 0 Å². The molecule has 0 radical (unpaired) electrons. The van der Waals surface area contributed by atoms with Gasteiger partial charge in [-0.05, 0) is 12.1 Å². The highest BCUT2D eigenvalue weighted by Crippen LogP contribution is 2.30. The number of aromatic nitrogens is 2. The Morgan fingerprint density at radius 2 is 2.33 bits per heavy atom. The van der Waals surface area contributed by atoms with Crippen LogP contribution < -0.4 is 0 Å². The van der Waals surface area contributed by atoms with Crippen LogP contribution in [0.4, 0.5) is 0 Å². The molecule has 1 unspecified atom stereocenters. The Labute approximate surface area is 113 Å². The van der Waals surface area contributed by atoms with Crippen LogP contribution in [0.15, 0.2) is 28.8 Å². The molecule has 0 amide bonds. The molecule has 0 aliphatic carbocycles. The molecule has 18 heavy (non-hydrogen) atoms. The van der Waals surface area contributed by atoms with Gasteiger partial charge in [-0.25, -0.2) is 0 Å². The van der Waals surface area contributed by atoms with Gasteiger partial charge in [-0.1, -0.05) is 28.9 Å². The number of hydrogen-bond donors (Lipinski definition) is 0. The van der Waals surface area contributed by atoms with Crippen molar-refractivity contribution in [2.24, 2.45) is 0 Å². The molecule has 0 N–H and O–H groups in total. The fourth-order valence-corrected chi connectivity index (χ4v) is 3.08. The summed E-state index contributed by atoms with van der Waals surface area (Å²) in [4.78, 5) is 15.9. The number of hydrogen-bond acceptors (Lipinski definition) is 5. The third kappa shape index (κ3) is 2.15. The van der Waals surface area contributed by atoms with E-state index in [0.29, 0.717) is 22.5 Å². The number of rotatable bonds is 2. The lowest BCUT2D eigenvalue weighted by atomic mass is 10.1. The lowest BCUT2D eigenvalue weighted by Crippen LogP contribution is -2.09. The normalized spacial score (nSPS) is 19.4. The zero-order valence-corrected chi connectivity index (χ0v) is 10.9. The largest absolute Gasteiger partial charge is 0.338 e. The second kappa shape index (κ2) is 4.74. The zero-order valence-electron chi connectivity index (χ0n) is 9.30. The maximum atomic E-state index is 11.6. The summed E-state index contributed by atoms with van der Waals surface area (Å²) in [7, 11) is 0. The molecular weight excluding hydrogens is 272 g/mol. The van der Waals surface area contributed by atoms with Crippen molar-refractivity contribution in [2.45, 2.75) is 5.92 Å². The van der Waals surface area contributed by atoms with Gasteiger partial charge in [0.05, 0.1) is 5.75 Å². The molecule has 2 heterocycles. The predicted molar refractivity (Wildman–Crippen MR) is 69.8 cm³/mol. The summed E-state index contributed by atoms with van der Waals surface area (Å²) in [6.07, 6.45) is 0. The van der Waals surface area contributed by atoms with Crippen molar-refractivity contribution in [3.05, 3.63) is 35.2 Å². The second-order valence-corrected chi connectivity index (χ2v) is 5.47. The Balaban J connectivity index is 1.92. The molecule has 2 aromatic rings. The third-order valence-electron chi connectivity index (χ3n) is 2.74. The summed E-state index contributed by atoms with van der Waals surface area (Å²) < 4.78 is 5.17. The molecule has 1 fully saturated rings. The first-order valence-corrected chi connectivity index (χ1v) is 6.97. The van der Waals surface area contributed by atoms with Gasteiger partial charge in [0.15, 0.2) is 5.78 Å². The van der Waals surface area contributed by atoms with Gasteiger partial charge in [-0.2, -0.15) is 16.7 Å². The first-order valence-electron chi connectivity index (χ1n) is 5.44. The van der Waals surface area contributed by atoms with E-state index in [1.165, 1.54) is 0 Å². The molecule has 1 aliphatic heterocycles. The van der Waals surface area contributed by atoms with Crippen molar-refractivity contribution in [1.29, 1.82) is 0 Å². The molecule has 1 aromatic carbocycles. The maximum Gasteiger partial charge on any atom is 0.238 e. The summed E-state index contributed by atoms with van der Waals surface area (Å²) in [5.74, 6) is 2.02. The average molecular weight is 281 g/mol. The summed E-state index contributed by atoms with van der Waals surface area (Å²) in [5, 5.41) is 4.52. The minimum absolute atomic E-state index is 0.154. The van der Waals surface area contributed by atoms with Crippen LogP contribution >= 0.6 is 23.4 Å². The van der Waals surface area contributed by atoms with Crippen LogP contribution in [-0.2, 0) is 4.79 Å². The first-order chi connectivity index (χ1) is 8.74. The lowest BCUT2D eigenvalue weighted by molar-refractivity contribution is -0.117. The van der Waals surface area contributed by atoms with E-state index in [1.54, 1.807) is 23.9 Å². The molecular formula is C12H9ClN2O2S. The van der Waals surface area contributed by atoms with Crippen LogP contribution in [-0.4, -0.2) is 27.4 Å². The van der Waals surface area contributed by atoms with E-state index in [-0.39, 0.29) is 11.7 Å². The van der Waals surface area contributed by atoms with Crippen LogP contribution in [0.1, 0.15) is 11.8 Å². The minimum Gasteiger partial charge on any atom is -0.338 e. The Hall–Kier alpha value is -1.33. The smallest absolute Gasteiger partial charge is 0.238 e. The molecule has 0 bridgehead atoms. The Kier molecular flexibility index (Phi) is 3.09. The van der Waals surface area contributed by atoms with Crippen LogP contribution in [0.2, 0.25) is 5.02 Å². The summed E-state index contributed by atoms with van der Waals surface area (Å²) in [6, 6.07) is 7.22. The number of thioether (sulfide) groups is 1. The highest BCUT2D eigenvalue weighted by molar-refractivity contribution is 8.00. The van der Waals surface area contributed by atoms with Crippen molar-refractivity contribution in [3.63, 3.8) is 0 Å². The summed E-state index contributed by atoms with van der Waals surface area (Å²) >= 11 is 7.50. The molecule has 0 saturated carbocycles. The number of nitrogens with zero attached hydrogens (tertiary/aromatic N) is 2. The second-order valence-electron chi connectivity index (χ2n) is 4.00. The molecule has 4 nitrogen and oxygen atoms in total. The average Bonchev–Trinajstić information content (AvgIpc) is 2.97. The van der Waals surface area contributed by atoms with E-state index < -0.39 is 0 Å². The number of halogens is 1. The van der Waals surface area contributed by atoms with Gasteiger partial charge in [0.2, 0.25) is 11.7 Å². The number of carbonyl (C=O) groups is 1. The lowest BCUT2D eigenvalue weighted by Gasteiger charge is -1.97. The predicted octanol–water partition coefficient (Wildman–Crippen LogP) is 2.79. The van der Waals surface area contributed by atoms with E-state index in [4.69, 9.17) is 16.1 Å². The van der Waals surface area contributed by atoms with Gasteiger partial charge >= 0.3 is 0 Å². The van der Waals surface area contributed by atoms with E-state index in [1.807, 2.05) is 12.1 Å². The van der Waals surface area contributed by atoms with Gasteiger partial charge in [0, 0.05) is 16.3 Å². The molecule has 1 aliphatic rings. The van der Waals surface area contributed by atoms with E-state index in [0.717, 1.165) is 11.3 Å². The summed E-state index contributed by atoms with van der Waals surface area (Å²) in [5.41, 5.74) is 0.788. The molecule has 1 aromatic heterocycles. The standard InChI is InChI=1S/C12H9ClN2O2S/c13-8-3-1-2-7(4-8)11-14-12(17-15-11)9-5-18-6-10(9)16/h1-4,9H,5-6H2. The Morgan fingerprint density at radius 3 is 3.06 bits per heavy atom. The van der Waals surface area contributed by atoms with E-state index >= 15 is 0 Å². The summed E-state index contributed by atoms with van der Waals surface area (Å²) in [6.45, 7) is 0. The monoisotopic (exact) mass is 280 g/mol. The van der Waals surface area contributed by atoms with Gasteiger partial charge in [-0.3, -0.25) is 4.79 Å². The van der Waals surface area contributed by atoms with Gasteiger partial charge < -0.3 is 4.52 Å². The molecule has 0 spiro atoms. The van der Waals surface area contributed by atoms with Crippen molar-refractivity contribution < 1.29 is 9.32 Å². The van der Waals surface area contributed by atoms with E-state index in [2.05, 4.69) is 10.1 Å².